The number of aromatic nitrogens is 3. The predicted octanol–water partition coefficient (Wildman–Crippen LogP) is 1.87. The summed E-state index contributed by atoms with van der Waals surface area (Å²) < 4.78 is 6.11. The number of hydrogen-bond acceptors (Lipinski definition) is 7. The van der Waals surface area contributed by atoms with Crippen LogP contribution in [0, 0.1) is 0 Å². The Balaban J connectivity index is 1.83. The minimum Gasteiger partial charge on any atom is -0.370 e. The van der Waals surface area contributed by atoms with Crippen molar-refractivity contribution in [2.75, 3.05) is 31.3 Å². The molecule has 1 aliphatic heterocycles. The summed E-state index contributed by atoms with van der Waals surface area (Å²) >= 11 is 0. The first kappa shape index (κ1) is 17.6. The van der Waals surface area contributed by atoms with Crippen LogP contribution in [-0.4, -0.2) is 52.6 Å². The molecule has 0 bridgehead atoms. The summed E-state index contributed by atoms with van der Waals surface area (Å²) in [5.41, 5.74) is 7.05. The molecule has 3 atom stereocenters. The summed E-state index contributed by atoms with van der Waals surface area (Å²) in [6, 6.07) is 10.8. The van der Waals surface area contributed by atoms with Crippen molar-refractivity contribution >= 4 is 11.9 Å². The molecule has 2 heterocycles. The second-order valence-electron chi connectivity index (χ2n) is 6.73. The lowest BCUT2D eigenvalue weighted by molar-refractivity contribution is -0.100. The molecular formula is C18H26N6O. The first-order valence-electron chi connectivity index (χ1n) is 8.55. The molecule has 0 radical (unpaired) electrons. The van der Waals surface area contributed by atoms with E-state index in [9.17, 15) is 0 Å². The smallest absolute Gasteiger partial charge is 0.229 e. The SMILES string of the molecule is C[C@@H]1CO[C@H](c2ccccc2)[C@@H](C)N1Cc1nc(N)nc(N(C)C)n1. The third-order valence-corrected chi connectivity index (χ3v) is 4.58. The molecule has 7 nitrogen and oxygen atoms in total. The molecule has 1 fully saturated rings. The van der Waals surface area contributed by atoms with Crippen LogP contribution in [0.4, 0.5) is 11.9 Å². The van der Waals surface area contributed by atoms with Crippen molar-refractivity contribution in [1.82, 2.24) is 19.9 Å². The highest BCUT2D eigenvalue weighted by Crippen LogP contribution is 2.31. The van der Waals surface area contributed by atoms with Crippen LogP contribution in [0.2, 0.25) is 0 Å². The molecule has 0 amide bonds. The zero-order valence-corrected chi connectivity index (χ0v) is 15.3. The summed E-state index contributed by atoms with van der Waals surface area (Å²) in [6.45, 7) is 5.63. The first-order chi connectivity index (χ1) is 12.0. The molecule has 3 rings (SSSR count). The molecule has 1 aromatic heterocycles. The highest BCUT2D eigenvalue weighted by molar-refractivity contribution is 5.32. The standard InChI is InChI=1S/C18H26N6O/c1-12-11-25-16(14-8-6-5-7-9-14)13(2)24(12)10-15-20-17(19)22-18(21-15)23(3)4/h5-9,12-13,16H,10-11H2,1-4H3,(H2,19,20,21,22)/t12-,13-,16+/m1/s1. The predicted molar refractivity (Wildman–Crippen MR) is 98.2 cm³/mol. The Kier molecular flexibility index (Phi) is 5.15. The minimum absolute atomic E-state index is 0.0323. The van der Waals surface area contributed by atoms with Gasteiger partial charge in [0.05, 0.1) is 19.3 Å². The van der Waals surface area contributed by atoms with Gasteiger partial charge in [0.1, 0.15) is 5.82 Å². The van der Waals surface area contributed by atoms with Crippen LogP contribution in [0.3, 0.4) is 0 Å². The summed E-state index contributed by atoms with van der Waals surface area (Å²) in [7, 11) is 3.79. The molecule has 0 aliphatic carbocycles. The Morgan fingerprint density at radius 2 is 1.88 bits per heavy atom. The summed E-state index contributed by atoms with van der Waals surface area (Å²) in [5.74, 6) is 1.51. The molecule has 1 saturated heterocycles. The van der Waals surface area contributed by atoms with Gasteiger partial charge >= 0.3 is 0 Å². The van der Waals surface area contributed by atoms with E-state index in [0.717, 1.165) is 0 Å². The highest BCUT2D eigenvalue weighted by atomic mass is 16.5. The van der Waals surface area contributed by atoms with Gasteiger partial charge in [-0.25, -0.2) is 0 Å². The van der Waals surface area contributed by atoms with E-state index in [4.69, 9.17) is 10.5 Å². The molecule has 0 spiro atoms. The minimum atomic E-state index is 0.0323. The summed E-state index contributed by atoms with van der Waals surface area (Å²) in [4.78, 5) is 17.2. The van der Waals surface area contributed by atoms with E-state index in [2.05, 4.69) is 45.8 Å². The lowest BCUT2D eigenvalue weighted by Gasteiger charge is -2.43. The van der Waals surface area contributed by atoms with Gasteiger partial charge in [-0.2, -0.15) is 15.0 Å². The Bertz CT molecular complexity index is 708. The molecular weight excluding hydrogens is 316 g/mol. The Morgan fingerprint density at radius 3 is 2.56 bits per heavy atom. The van der Waals surface area contributed by atoms with Crippen molar-refractivity contribution in [3.63, 3.8) is 0 Å². The van der Waals surface area contributed by atoms with E-state index >= 15 is 0 Å². The molecule has 0 saturated carbocycles. The van der Waals surface area contributed by atoms with Crippen molar-refractivity contribution in [3.8, 4) is 0 Å². The number of nitrogen functional groups attached to an aromatic ring is 1. The van der Waals surface area contributed by atoms with Crippen molar-refractivity contribution in [1.29, 1.82) is 0 Å². The molecule has 2 N–H and O–H groups in total. The Morgan fingerprint density at radius 1 is 1.16 bits per heavy atom. The number of benzene rings is 1. The fraction of sp³-hybridized carbons (Fsp3) is 0.500. The van der Waals surface area contributed by atoms with E-state index in [0.29, 0.717) is 24.9 Å². The van der Waals surface area contributed by atoms with E-state index in [1.807, 2.05) is 37.2 Å². The van der Waals surface area contributed by atoms with Gasteiger partial charge in [-0.1, -0.05) is 30.3 Å². The average Bonchev–Trinajstić information content (AvgIpc) is 2.59. The molecule has 0 unspecified atom stereocenters. The van der Waals surface area contributed by atoms with Gasteiger partial charge in [-0.05, 0) is 19.4 Å². The number of anilines is 2. The number of ether oxygens (including phenoxy) is 1. The van der Waals surface area contributed by atoms with Gasteiger partial charge in [0.15, 0.2) is 0 Å². The first-order valence-corrected chi connectivity index (χ1v) is 8.55. The van der Waals surface area contributed by atoms with Crippen molar-refractivity contribution in [3.05, 3.63) is 41.7 Å². The second kappa shape index (κ2) is 7.33. The van der Waals surface area contributed by atoms with E-state index in [1.54, 1.807) is 0 Å². The van der Waals surface area contributed by atoms with Crippen LogP contribution in [-0.2, 0) is 11.3 Å². The van der Waals surface area contributed by atoms with Crippen molar-refractivity contribution < 1.29 is 4.74 Å². The normalized spacial score (nSPS) is 24.2. The van der Waals surface area contributed by atoms with Crippen LogP contribution in [0.25, 0.3) is 0 Å². The molecule has 1 aliphatic rings. The van der Waals surface area contributed by atoms with Gasteiger partial charge in [0.2, 0.25) is 11.9 Å². The quantitative estimate of drug-likeness (QED) is 0.908. The summed E-state index contributed by atoms with van der Waals surface area (Å²) in [6.07, 6.45) is 0.0323. The lowest BCUT2D eigenvalue weighted by Crippen LogP contribution is -2.50. The molecule has 7 heteroatoms. The third-order valence-electron chi connectivity index (χ3n) is 4.58. The van der Waals surface area contributed by atoms with Crippen LogP contribution >= 0.6 is 0 Å². The van der Waals surface area contributed by atoms with E-state index in [-0.39, 0.29) is 24.1 Å². The van der Waals surface area contributed by atoms with Crippen LogP contribution in [0.1, 0.15) is 31.3 Å². The number of rotatable bonds is 4. The lowest BCUT2D eigenvalue weighted by atomic mass is 9.98. The van der Waals surface area contributed by atoms with Crippen molar-refractivity contribution in [2.45, 2.75) is 38.6 Å². The second-order valence-corrected chi connectivity index (χ2v) is 6.73. The zero-order valence-electron chi connectivity index (χ0n) is 15.3. The van der Waals surface area contributed by atoms with Crippen LogP contribution in [0.15, 0.2) is 30.3 Å². The number of nitrogens with zero attached hydrogens (tertiary/aromatic N) is 5. The summed E-state index contributed by atoms with van der Waals surface area (Å²) in [5, 5.41) is 0. The molecule has 134 valence electrons. The van der Waals surface area contributed by atoms with Gasteiger partial charge in [-0.3, -0.25) is 4.90 Å². The maximum atomic E-state index is 6.11. The van der Waals surface area contributed by atoms with Crippen LogP contribution in [0.5, 0.6) is 0 Å². The maximum absolute atomic E-state index is 6.11. The maximum Gasteiger partial charge on any atom is 0.229 e. The fourth-order valence-corrected chi connectivity index (χ4v) is 3.23. The van der Waals surface area contributed by atoms with Gasteiger partial charge < -0.3 is 15.4 Å². The average molecular weight is 342 g/mol. The number of nitrogens with two attached hydrogens (primary N) is 1. The van der Waals surface area contributed by atoms with Crippen LogP contribution < -0.4 is 10.6 Å². The fourth-order valence-electron chi connectivity index (χ4n) is 3.23. The Labute approximate surface area is 148 Å². The molecule has 2 aromatic rings. The van der Waals surface area contributed by atoms with Crippen molar-refractivity contribution in [2.24, 2.45) is 0 Å². The van der Waals surface area contributed by atoms with Gasteiger partial charge in [-0.15, -0.1) is 0 Å². The number of hydrogen-bond donors (Lipinski definition) is 1. The van der Waals surface area contributed by atoms with Gasteiger partial charge in [0.25, 0.3) is 0 Å². The monoisotopic (exact) mass is 342 g/mol. The highest BCUT2D eigenvalue weighted by Gasteiger charge is 2.34. The van der Waals surface area contributed by atoms with Gasteiger partial charge in [0, 0.05) is 26.2 Å². The molecule has 1 aromatic carbocycles. The zero-order chi connectivity index (χ0) is 18.0. The number of morpholine rings is 1. The van der Waals surface area contributed by atoms with E-state index < -0.39 is 0 Å². The van der Waals surface area contributed by atoms with E-state index in [1.165, 1.54) is 5.56 Å². The third kappa shape index (κ3) is 3.88. The molecule has 25 heavy (non-hydrogen) atoms. The Hall–Kier alpha value is -2.25. The topological polar surface area (TPSA) is 80.4 Å². The largest absolute Gasteiger partial charge is 0.370 e.